The summed E-state index contributed by atoms with van der Waals surface area (Å²) >= 11 is 1.42. The van der Waals surface area contributed by atoms with Crippen LogP contribution in [0.4, 0.5) is 5.69 Å². The minimum Gasteiger partial charge on any atom is -0.497 e. The van der Waals surface area contributed by atoms with Gasteiger partial charge in [-0.3, -0.25) is 4.79 Å². The molecule has 0 aliphatic carbocycles. The SMILES string of the molecule is CCCn1c(S[C@@H](C)C(=O)Nc2ccc(OC)cc2)nnc1-c1cccc(C)c1. The molecule has 0 spiro atoms. The second kappa shape index (κ2) is 9.60. The minimum absolute atomic E-state index is 0.0803. The first kappa shape index (κ1) is 20.9. The number of hydrogen-bond donors (Lipinski definition) is 1. The average molecular weight is 411 g/mol. The van der Waals surface area contributed by atoms with Crippen LogP contribution in [0.25, 0.3) is 11.4 Å². The van der Waals surface area contributed by atoms with Crippen LogP contribution in [0.3, 0.4) is 0 Å². The molecule has 1 atom stereocenters. The quantitative estimate of drug-likeness (QED) is 0.541. The monoisotopic (exact) mass is 410 g/mol. The van der Waals surface area contributed by atoms with E-state index in [2.05, 4.69) is 46.1 Å². The van der Waals surface area contributed by atoms with E-state index in [1.807, 2.05) is 43.3 Å². The maximum atomic E-state index is 12.6. The number of methoxy groups -OCH3 is 1. The number of anilines is 1. The highest BCUT2D eigenvalue weighted by molar-refractivity contribution is 8.00. The number of aromatic nitrogens is 3. The predicted molar refractivity (Wildman–Crippen MR) is 117 cm³/mol. The highest BCUT2D eigenvalue weighted by Crippen LogP contribution is 2.28. The number of hydrogen-bond acceptors (Lipinski definition) is 5. The standard InChI is InChI=1S/C22H26N4O2S/c1-5-13-26-20(17-8-6-7-15(2)14-17)24-25-22(26)29-16(3)21(27)23-18-9-11-19(28-4)12-10-18/h6-12,14,16H,5,13H2,1-4H3,(H,23,27)/t16-/m0/s1. The Hall–Kier alpha value is -2.80. The van der Waals surface area contributed by atoms with Crippen molar-refractivity contribution in [2.75, 3.05) is 12.4 Å². The Kier molecular flexibility index (Phi) is 6.93. The van der Waals surface area contributed by atoms with Crippen molar-refractivity contribution < 1.29 is 9.53 Å². The van der Waals surface area contributed by atoms with Crippen LogP contribution >= 0.6 is 11.8 Å². The Labute approximate surface area is 175 Å². The van der Waals surface area contributed by atoms with Gasteiger partial charge >= 0.3 is 0 Å². The molecule has 2 aromatic carbocycles. The molecule has 0 unspecified atom stereocenters. The van der Waals surface area contributed by atoms with Gasteiger partial charge in [-0.05, 0) is 50.6 Å². The second-order valence-electron chi connectivity index (χ2n) is 6.81. The predicted octanol–water partition coefficient (Wildman–Crippen LogP) is 4.79. The van der Waals surface area contributed by atoms with E-state index in [-0.39, 0.29) is 11.2 Å². The van der Waals surface area contributed by atoms with Gasteiger partial charge in [0.05, 0.1) is 12.4 Å². The maximum Gasteiger partial charge on any atom is 0.237 e. The van der Waals surface area contributed by atoms with Crippen molar-refractivity contribution in [1.82, 2.24) is 14.8 Å². The Morgan fingerprint density at radius 1 is 1.21 bits per heavy atom. The molecular formula is C22H26N4O2S. The molecule has 0 radical (unpaired) electrons. The van der Waals surface area contributed by atoms with Gasteiger partial charge in [0.15, 0.2) is 11.0 Å². The van der Waals surface area contributed by atoms with Crippen molar-refractivity contribution in [3.63, 3.8) is 0 Å². The number of carbonyl (C=O) groups is 1. The molecule has 29 heavy (non-hydrogen) atoms. The molecular weight excluding hydrogens is 384 g/mol. The maximum absolute atomic E-state index is 12.6. The lowest BCUT2D eigenvalue weighted by molar-refractivity contribution is -0.115. The van der Waals surface area contributed by atoms with Crippen LogP contribution in [0.1, 0.15) is 25.8 Å². The number of thioether (sulfide) groups is 1. The summed E-state index contributed by atoms with van der Waals surface area (Å²) in [5, 5.41) is 12.2. The lowest BCUT2D eigenvalue weighted by Gasteiger charge is -2.14. The molecule has 1 aromatic heterocycles. The largest absolute Gasteiger partial charge is 0.497 e. The van der Waals surface area contributed by atoms with Crippen molar-refractivity contribution >= 4 is 23.4 Å². The fourth-order valence-corrected chi connectivity index (χ4v) is 3.80. The van der Waals surface area contributed by atoms with Crippen LogP contribution in [0.15, 0.2) is 53.7 Å². The topological polar surface area (TPSA) is 69.0 Å². The highest BCUT2D eigenvalue weighted by atomic mass is 32.2. The zero-order valence-electron chi connectivity index (χ0n) is 17.2. The van der Waals surface area contributed by atoms with Crippen LogP contribution in [0.2, 0.25) is 0 Å². The minimum atomic E-state index is -0.317. The Bertz CT molecular complexity index is 969. The number of nitrogens with one attached hydrogen (secondary N) is 1. The number of ether oxygens (including phenoxy) is 1. The Morgan fingerprint density at radius 3 is 2.62 bits per heavy atom. The molecule has 0 bridgehead atoms. The number of benzene rings is 2. The normalized spacial score (nSPS) is 11.9. The smallest absolute Gasteiger partial charge is 0.237 e. The molecule has 0 aliphatic heterocycles. The van der Waals surface area contributed by atoms with E-state index in [4.69, 9.17) is 4.74 Å². The van der Waals surface area contributed by atoms with Crippen LogP contribution < -0.4 is 10.1 Å². The van der Waals surface area contributed by atoms with Gasteiger partial charge in [0.1, 0.15) is 5.75 Å². The summed E-state index contributed by atoms with van der Waals surface area (Å²) in [4.78, 5) is 12.6. The first-order valence-corrected chi connectivity index (χ1v) is 10.5. The van der Waals surface area contributed by atoms with E-state index in [0.29, 0.717) is 0 Å². The third kappa shape index (κ3) is 5.17. The summed E-state index contributed by atoms with van der Waals surface area (Å²) in [6, 6.07) is 15.5. The molecule has 1 N–H and O–H groups in total. The van der Waals surface area contributed by atoms with Crippen molar-refractivity contribution in [2.24, 2.45) is 0 Å². The molecule has 7 heteroatoms. The van der Waals surface area contributed by atoms with E-state index in [0.717, 1.165) is 40.9 Å². The van der Waals surface area contributed by atoms with Gasteiger partial charge in [0, 0.05) is 17.8 Å². The van der Waals surface area contributed by atoms with E-state index < -0.39 is 0 Å². The zero-order chi connectivity index (χ0) is 20.8. The van der Waals surface area contributed by atoms with Crippen LogP contribution in [-0.2, 0) is 11.3 Å². The summed E-state index contributed by atoms with van der Waals surface area (Å²) < 4.78 is 7.24. The third-order valence-electron chi connectivity index (χ3n) is 4.45. The van der Waals surface area contributed by atoms with E-state index in [1.165, 1.54) is 17.3 Å². The molecule has 3 rings (SSSR count). The third-order valence-corrected chi connectivity index (χ3v) is 5.53. The Balaban J connectivity index is 1.75. The summed E-state index contributed by atoms with van der Waals surface area (Å²) in [6.45, 7) is 6.85. The van der Waals surface area contributed by atoms with Gasteiger partial charge in [0.25, 0.3) is 0 Å². The summed E-state index contributed by atoms with van der Waals surface area (Å²) in [6.07, 6.45) is 0.955. The molecule has 0 fully saturated rings. The van der Waals surface area contributed by atoms with E-state index in [9.17, 15) is 4.79 Å². The molecule has 0 saturated carbocycles. The van der Waals surface area contributed by atoms with Crippen molar-refractivity contribution in [1.29, 1.82) is 0 Å². The van der Waals surface area contributed by atoms with Crippen molar-refractivity contribution in [3.8, 4) is 17.1 Å². The van der Waals surface area contributed by atoms with Gasteiger partial charge in [-0.1, -0.05) is 42.4 Å². The van der Waals surface area contributed by atoms with Gasteiger partial charge in [-0.25, -0.2) is 0 Å². The van der Waals surface area contributed by atoms with E-state index >= 15 is 0 Å². The van der Waals surface area contributed by atoms with Gasteiger partial charge in [-0.15, -0.1) is 10.2 Å². The molecule has 3 aromatic rings. The fourth-order valence-electron chi connectivity index (χ4n) is 2.93. The second-order valence-corrected chi connectivity index (χ2v) is 8.11. The average Bonchev–Trinajstić information content (AvgIpc) is 3.11. The lowest BCUT2D eigenvalue weighted by Crippen LogP contribution is -2.23. The first-order chi connectivity index (χ1) is 14.0. The molecule has 1 amide bonds. The Morgan fingerprint density at radius 2 is 1.97 bits per heavy atom. The number of carbonyl (C=O) groups excluding carboxylic acids is 1. The van der Waals surface area contributed by atoms with Gasteiger partial charge in [-0.2, -0.15) is 0 Å². The summed E-state index contributed by atoms with van der Waals surface area (Å²) in [7, 11) is 1.61. The number of aryl methyl sites for hydroxylation is 1. The van der Waals surface area contributed by atoms with Crippen LogP contribution in [0.5, 0.6) is 5.75 Å². The number of nitrogens with zero attached hydrogens (tertiary/aromatic N) is 3. The summed E-state index contributed by atoms with van der Waals surface area (Å²) in [5.41, 5.74) is 2.95. The molecule has 6 nitrogen and oxygen atoms in total. The molecule has 1 heterocycles. The molecule has 152 valence electrons. The van der Waals surface area contributed by atoms with Crippen molar-refractivity contribution in [2.45, 2.75) is 44.1 Å². The number of amides is 1. The number of rotatable bonds is 8. The lowest BCUT2D eigenvalue weighted by atomic mass is 10.1. The highest BCUT2D eigenvalue weighted by Gasteiger charge is 2.21. The van der Waals surface area contributed by atoms with Gasteiger partial charge < -0.3 is 14.6 Å². The first-order valence-electron chi connectivity index (χ1n) is 9.63. The van der Waals surface area contributed by atoms with E-state index in [1.54, 1.807) is 7.11 Å². The molecule has 0 saturated heterocycles. The zero-order valence-corrected chi connectivity index (χ0v) is 18.0. The summed E-state index contributed by atoms with van der Waals surface area (Å²) in [5.74, 6) is 1.51. The van der Waals surface area contributed by atoms with Crippen LogP contribution in [0, 0.1) is 6.92 Å². The van der Waals surface area contributed by atoms with Gasteiger partial charge in [0.2, 0.25) is 5.91 Å². The molecule has 0 aliphatic rings. The fraction of sp³-hybridized carbons (Fsp3) is 0.318. The van der Waals surface area contributed by atoms with Crippen LogP contribution in [-0.4, -0.2) is 33.0 Å². The van der Waals surface area contributed by atoms with Crippen molar-refractivity contribution in [3.05, 3.63) is 54.1 Å².